The number of fused-ring (bicyclic) bond motifs is 2. The summed E-state index contributed by atoms with van der Waals surface area (Å²) in [6.07, 6.45) is 0.886. The Labute approximate surface area is 157 Å². The molecule has 2 aliphatic heterocycles. The third-order valence-electron chi connectivity index (χ3n) is 5.02. The highest BCUT2D eigenvalue weighted by atomic mass is 35.5. The van der Waals surface area contributed by atoms with Gasteiger partial charge >= 0.3 is 0 Å². The van der Waals surface area contributed by atoms with Gasteiger partial charge in [0.2, 0.25) is 10.0 Å². The van der Waals surface area contributed by atoms with Crippen LogP contribution in [0.4, 0.5) is 0 Å². The molecule has 1 aromatic carbocycles. The molecule has 1 saturated carbocycles. The zero-order valence-electron chi connectivity index (χ0n) is 13.9. The topological polar surface area (TPSA) is 86.7 Å². The van der Waals surface area contributed by atoms with E-state index in [-0.39, 0.29) is 39.2 Å². The fourth-order valence-electron chi connectivity index (χ4n) is 3.55. The van der Waals surface area contributed by atoms with Crippen molar-refractivity contribution in [2.45, 2.75) is 31.6 Å². The average molecular weight is 407 g/mol. The first-order valence-electron chi connectivity index (χ1n) is 8.09. The summed E-state index contributed by atoms with van der Waals surface area (Å²) in [6, 6.07) is 2.62. The van der Waals surface area contributed by atoms with Crippen molar-refractivity contribution < 1.29 is 18.3 Å². The third kappa shape index (κ3) is 3.35. The number of sulfonamides is 1. The number of nitrogens with zero attached hydrogens (tertiary/aromatic N) is 1. The Morgan fingerprint density at radius 3 is 2.44 bits per heavy atom. The lowest BCUT2D eigenvalue weighted by Gasteiger charge is -2.53. The Morgan fingerprint density at radius 2 is 1.88 bits per heavy atom. The van der Waals surface area contributed by atoms with Crippen LogP contribution in [0.25, 0.3) is 0 Å². The molecule has 1 aliphatic carbocycles. The van der Waals surface area contributed by atoms with Crippen LogP contribution in [0.15, 0.2) is 12.1 Å². The van der Waals surface area contributed by atoms with Crippen molar-refractivity contribution in [3.8, 4) is 5.75 Å². The minimum atomic E-state index is -3.28. The van der Waals surface area contributed by atoms with Crippen molar-refractivity contribution >= 4 is 39.1 Å². The number of benzene rings is 1. The van der Waals surface area contributed by atoms with Crippen molar-refractivity contribution in [2.24, 2.45) is 11.8 Å². The summed E-state index contributed by atoms with van der Waals surface area (Å²) in [5, 5.41) is 12.7. The summed E-state index contributed by atoms with van der Waals surface area (Å²) < 4.78 is 26.1. The van der Waals surface area contributed by atoms with Gasteiger partial charge in [-0.1, -0.05) is 23.2 Å². The monoisotopic (exact) mass is 406 g/mol. The Bertz CT molecular complexity index is 801. The molecule has 2 unspecified atom stereocenters. The molecule has 2 bridgehead atoms. The largest absolute Gasteiger partial charge is 0.506 e. The van der Waals surface area contributed by atoms with Gasteiger partial charge in [0.1, 0.15) is 5.75 Å². The number of halogens is 2. The number of phenols is 1. The average Bonchev–Trinajstić information content (AvgIpc) is 2.55. The molecule has 6 nitrogen and oxygen atoms in total. The van der Waals surface area contributed by atoms with E-state index in [1.165, 1.54) is 16.4 Å². The first-order chi connectivity index (χ1) is 11.6. The van der Waals surface area contributed by atoms with Crippen molar-refractivity contribution in [1.82, 2.24) is 9.62 Å². The molecule has 25 heavy (non-hydrogen) atoms. The molecule has 2 N–H and O–H groups in total. The molecule has 2 saturated heterocycles. The zero-order chi connectivity index (χ0) is 18.5. The molecule has 0 radical (unpaired) electrons. The minimum absolute atomic E-state index is 0.0145. The van der Waals surface area contributed by atoms with E-state index >= 15 is 0 Å². The van der Waals surface area contributed by atoms with Gasteiger partial charge in [-0.2, -0.15) is 0 Å². The second-order valence-electron chi connectivity index (χ2n) is 6.95. The quantitative estimate of drug-likeness (QED) is 0.803. The number of carbonyl (C=O) groups excluding carboxylic acids is 1. The molecule has 4 rings (SSSR count). The Balaban J connectivity index is 1.70. The van der Waals surface area contributed by atoms with Gasteiger partial charge in [-0.15, -0.1) is 0 Å². The lowest BCUT2D eigenvalue weighted by atomic mass is 9.67. The van der Waals surface area contributed by atoms with Gasteiger partial charge in [-0.05, 0) is 44.2 Å². The van der Waals surface area contributed by atoms with E-state index in [9.17, 15) is 18.3 Å². The van der Waals surface area contributed by atoms with Gasteiger partial charge in [0.15, 0.2) is 0 Å². The van der Waals surface area contributed by atoms with E-state index in [1.807, 2.05) is 0 Å². The molecule has 0 spiro atoms. The number of carbonyl (C=O) groups is 1. The van der Waals surface area contributed by atoms with Gasteiger partial charge in [-0.25, -0.2) is 12.7 Å². The summed E-state index contributed by atoms with van der Waals surface area (Å²) in [4.78, 5) is 12.5. The SMILES string of the molecule is CC(C)S(=O)(=O)N1CC2CC(C1)C2NC(=O)c1cc(Cl)cc(Cl)c1O. The van der Waals surface area contributed by atoms with E-state index in [0.717, 1.165) is 6.42 Å². The van der Waals surface area contributed by atoms with Gasteiger partial charge in [0.05, 0.1) is 15.8 Å². The van der Waals surface area contributed by atoms with Crippen molar-refractivity contribution in [1.29, 1.82) is 0 Å². The number of hydrogen-bond donors (Lipinski definition) is 2. The second-order valence-corrected chi connectivity index (χ2v) is 10.3. The van der Waals surface area contributed by atoms with E-state index < -0.39 is 21.2 Å². The van der Waals surface area contributed by atoms with E-state index in [1.54, 1.807) is 13.8 Å². The molecule has 9 heteroatoms. The van der Waals surface area contributed by atoms with Crippen LogP contribution in [0, 0.1) is 11.8 Å². The van der Waals surface area contributed by atoms with Crippen LogP contribution in [-0.2, 0) is 10.0 Å². The fourth-order valence-corrected chi connectivity index (χ4v) is 5.44. The summed E-state index contributed by atoms with van der Waals surface area (Å²) >= 11 is 11.8. The maximum absolute atomic E-state index is 12.5. The maximum atomic E-state index is 12.5. The number of hydrogen-bond acceptors (Lipinski definition) is 4. The van der Waals surface area contributed by atoms with Gasteiger partial charge in [-0.3, -0.25) is 4.79 Å². The van der Waals surface area contributed by atoms with Crippen LogP contribution >= 0.6 is 23.2 Å². The van der Waals surface area contributed by atoms with Crippen molar-refractivity contribution in [3.05, 3.63) is 27.7 Å². The number of aromatic hydroxyl groups is 1. The van der Waals surface area contributed by atoms with Gasteiger partial charge < -0.3 is 10.4 Å². The summed E-state index contributed by atoms with van der Waals surface area (Å²) in [7, 11) is -3.28. The highest BCUT2D eigenvalue weighted by Crippen LogP contribution is 2.42. The molecule has 3 aliphatic rings. The van der Waals surface area contributed by atoms with E-state index in [0.29, 0.717) is 13.1 Å². The molecule has 0 aromatic heterocycles. The van der Waals surface area contributed by atoms with Gasteiger partial charge in [0.25, 0.3) is 5.91 Å². The number of nitrogens with one attached hydrogen (secondary N) is 1. The van der Waals surface area contributed by atoms with Crippen LogP contribution in [-0.4, -0.2) is 48.1 Å². The molecule has 1 amide bonds. The lowest BCUT2D eigenvalue weighted by molar-refractivity contribution is 0.0222. The molecular formula is C16H20Cl2N2O4S. The van der Waals surface area contributed by atoms with Crippen molar-refractivity contribution in [3.63, 3.8) is 0 Å². The number of rotatable bonds is 4. The third-order valence-corrected chi connectivity index (χ3v) is 7.74. The summed E-state index contributed by atoms with van der Waals surface area (Å²) in [5.41, 5.74) is 0.0223. The standard InChI is InChI=1S/C16H20Cl2N2O4S/c1-8(2)25(23,24)20-6-9-3-10(7-20)14(9)19-16(22)12-4-11(17)5-13(18)15(12)21/h4-5,8-10,14,21H,3,6-7H2,1-2H3,(H,19,22). The molecule has 2 heterocycles. The Hall–Kier alpha value is -1.02. The van der Waals surface area contributed by atoms with Crippen LogP contribution < -0.4 is 5.32 Å². The molecule has 1 aromatic rings. The normalized spacial score (nSPS) is 26.4. The Kier molecular flexibility index (Phi) is 4.96. The highest BCUT2D eigenvalue weighted by Gasteiger charge is 2.50. The smallest absolute Gasteiger partial charge is 0.255 e. The Morgan fingerprint density at radius 1 is 1.28 bits per heavy atom. The fraction of sp³-hybridized carbons (Fsp3) is 0.562. The van der Waals surface area contributed by atoms with Gasteiger partial charge in [0, 0.05) is 24.2 Å². The van der Waals surface area contributed by atoms with Crippen LogP contribution in [0.2, 0.25) is 10.0 Å². The predicted octanol–water partition coefficient (Wildman–Crippen LogP) is 2.49. The van der Waals surface area contributed by atoms with Crippen LogP contribution in [0.1, 0.15) is 30.6 Å². The zero-order valence-corrected chi connectivity index (χ0v) is 16.2. The number of piperidine rings is 2. The maximum Gasteiger partial charge on any atom is 0.255 e. The molecule has 2 atom stereocenters. The first-order valence-corrected chi connectivity index (χ1v) is 10.3. The molecular weight excluding hydrogens is 387 g/mol. The summed E-state index contributed by atoms with van der Waals surface area (Å²) in [5.74, 6) is -0.611. The van der Waals surface area contributed by atoms with E-state index in [4.69, 9.17) is 23.2 Å². The lowest BCUT2D eigenvalue weighted by Crippen LogP contribution is -2.65. The molecule has 138 valence electrons. The first kappa shape index (κ1) is 18.8. The molecule has 3 fully saturated rings. The van der Waals surface area contributed by atoms with Crippen LogP contribution in [0.5, 0.6) is 5.75 Å². The number of phenolic OH excluding ortho intramolecular Hbond substituents is 1. The van der Waals surface area contributed by atoms with Crippen LogP contribution in [0.3, 0.4) is 0 Å². The second kappa shape index (κ2) is 6.61. The van der Waals surface area contributed by atoms with Crippen molar-refractivity contribution in [2.75, 3.05) is 13.1 Å². The van der Waals surface area contributed by atoms with E-state index in [2.05, 4.69) is 5.32 Å². The number of amides is 1. The highest BCUT2D eigenvalue weighted by molar-refractivity contribution is 7.89. The predicted molar refractivity (Wildman–Crippen MR) is 96.6 cm³/mol. The summed E-state index contributed by atoms with van der Waals surface area (Å²) in [6.45, 7) is 4.15. The minimum Gasteiger partial charge on any atom is -0.506 e.